The maximum absolute atomic E-state index is 4.51. The minimum Gasteiger partial charge on any atom is -0.351 e. The number of benzene rings is 1. The summed E-state index contributed by atoms with van der Waals surface area (Å²) in [5.74, 6) is 0.750. The summed E-state index contributed by atoms with van der Waals surface area (Å²) < 4.78 is 1.93. The smallest absolute Gasteiger partial charge is 0.209 e. The quantitative estimate of drug-likeness (QED) is 0.463. The van der Waals surface area contributed by atoms with Gasteiger partial charge >= 0.3 is 0 Å². The van der Waals surface area contributed by atoms with Gasteiger partial charge in [-0.15, -0.1) is 0 Å². The largest absolute Gasteiger partial charge is 0.351 e. The second-order valence-electron chi connectivity index (χ2n) is 7.43. The van der Waals surface area contributed by atoms with Crippen LogP contribution < -0.4 is 5.32 Å². The lowest BCUT2D eigenvalue weighted by Crippen LogP contribution is -2.04. The monoisotopic (exact) mass is 407 g/mol. The zero-order valence-electron chi connectivity index (χ0n) is 17.3. The Hall–Kier alpha value is -4.13. The number of pyridine rings is 1. The molecule has 4 heterocycles. The summed E-state index contributed by atoms with van der Waals surface area (Å²) in [5.41, 5.74) is 8.30. The van der Waals surface area contributed by atoms with Crippen LogP contribution in [0.2, 0.25) is 0 Å². The minimum absolute atomic E-state index is 0.668. The Labute approximate surface area is 179 Å². The predicted molar refractivity (Wildman–Crippen MR) is 120 cm³/mol. The first kappa shape index (κ1) is 18.9. The van der Waals surface area contributed by atoms with E-state index in [0.717, 1.165) is 28.5 Å². The van der Waals surface area contributed by atoms with Gasteiger partial charge in [-0.25, -0.2) is 9.97 Å². The number of rotatable bonds is 5. The van der Waals surface area contributed by atoms with Crippen molar-refractivity contribution < 1.29 is 0 Å². The molecule has 4 aromatic heterocycles. The number of nitrogens with one attached hydrogen (secondary N) is 1. The van der Waals surface area contributed by atoms with Crippen LogP contribution in [0.25, 0.3) is 28.0 Å². The van der Waals surface area contributed by atoms with E-state index < -0.39 is 0 Å². The SMILES string of the molecule is Cc1cc(-c2ccc(CNc3ncc4cc(-c5cnccn5)ncn34)cc2C)ccn1. The first-order valence-corrected chi connectivity index (χ1v) is 10.0. The molecule has 31 heavy (non-hydrogen) atoms. The number of fused-ring (bicyclic) bond motifs is 1. The molecule has 0 radical (unpaired) electrons. The third-order valence-corrected chi connectivity index (χ3v) is 5.20. The highest BCUT2D eigenvalue weighted by Gasteiger charge is 2.08. The summed E-state index contributed by atoms with van der Waals surface area (Å²) in [5, 5.41) is 3.41. The number of nitrogens with zero attached hydrogens (tertiary/aromatic N) is 6. The number of imidazole rings is 1. The molecule has 1 N–H and O–H groups in total. The molecule has 0 fully saturated rings. The fourth-order valence-electron chi connectivity index (χ4n) is 3.66. The van der Waals surface area contributed by atoms with Crippen LogP contribution in [0.15, 0.2) is 73.7 Å². The lowest BCUT2D eigenvalue weighted by atomic mass is 9.98. The van der Waals surface area contributed by atoms with Gasteiger partial charge in [-0.2, -0.15) is 0 Å². The van der Waals surface area contributed by atoms with Crippen molar-refractivity contribution in [2.75, 3.05) is 5.32 Å². The van der Waals surface area contributed by atoms with Gasteiger partial charge in [0.25, 0.3) is 0 Å². The van der Waals surface area contributed by atoms with Gasteiger partial charge in [0.15, 0.2) is 0 Å². The fraction of sp³-hybridized carbons (Fsp3) is 0.125. The Kier molecular flexibility index (Phi) is 4.84. The molecule has 0 amide bonds. The van der Waals surface area contributed by atoms with Crippen molar-refractivity contribution in [3.63, 3.8) is 0 Å². The molecule has 1 aromatic carbocycles. The van der Waals surface area contributed by atoms with Crippen LogP contribution in [-0.2, 0) is 6.54 Å². The summed E-state index contributed by atoms with van der Waals surface area (Å²) in [7, 11) is 0. The fourth-order valence-corrected chi connectivity index (χ4v) is 3.66. The second-order valence-corrected chi connectivity index (χ2v) is 7.43. The van der Waals surface area contributed by atoms with E-state index in [9.17, 15) is 0 Å². The highest BCUT2D eigenvalue weighted by Crippen LogP contribution is 2.25. The highest BCUT2D eigenvalue weighted by molar-refractivity contribution is 5.68. The van der Waals surface area contributed by atoms with Gasteiger partial charge in [0.1, 0.15) is 12.0 Å². The molecule has 7 heteroatoms. The predicted octanol–water partition coefficient (Wildman–Crippen LogP) is 4.48. The molecular formula is C24H21N7. The van der Waals surface area contributed by atoms with Gasteiger partial charge in [0.05, 0.1) is 23.6 Å². The lowest BCUT2D eigenvalue weighted by molar-refractivity contribution is 1.02. The van der Waals surface area contributed by atoms with E-state index in [1.165, 1.54) is 22.3 Å². The Bertz CT molecular complexity index is 1360. The van der Waals surface area contributed by atoms with Gasteiger partial charge in [0, 0.05) is 30.8 Å². The van der Waals surface area contributed by atoms with E-state index >= 15 is 0 Å². The molecule has 0 bridgehead atoms. The zero-order valence-corrected chi connectivity index (χ0v) is 17.3. The summed E-state index contributed by atoms with van der Waals surface area (Å²) >= 11 is 0. The Morgan fingerprint density at radius 1 is 0.839 bits per heavy atom. The molecule has 5 aromatic rings. The molecule has 7 nitrogen and oxygen atoms in total. The van der Waals surface area contributed by atoms with Gasteiger partial charge in [0.2, 0.25) is 5.95 Å². The van der Waals surface area contributed by atoms with Crippen LogP contribution in [0.5, 0.6) is 0 Å². The molecule has 5 rings (SSSR count). The van der Waals surface area contributed by atoms with Crippen molar-refractivity contribution in [3.05, 3.63) is 90.5 Å². The van der Waals surface area contributed by atoms with E-state index in [1.807, 2.05) is 35.9 Å². The lowest BCUT2D eigenvalue weighted by Gasteiger charge is -2.11. The molecule has 0 atom stereocenters. The summed E-state index contributed by atoms with van der Waals surface area (Å²) in [6, 6.07) is 12.6. The van der Waals surface area contributed by atoms with Crippen molar-refractivity contribution in [3.8, 4) is 22.5 Å². The minimum atomic E-state index is 0.668. The van der Waals surface area contributed by atoms with E-state index in [2.05, 4.69) is 61.4 Å². The van der Waals surface area contributed by atoms with Gasteiger partial charge in [-0.1, -0.05) is 18.2 Å². The van der Waals surface area contributed by atoms with Gasteiger partial charge in [-0.3, -0.25) is 19.4 Å². The van der Waals surface area contributed by atoms with Crippen molar-refractivity contribution >= 4 is 11.5 Å². The number of aryl methyl sites for hydroxylation is 2. The molecule has 0 aliphatic rings. The van der Waals surface area contributed by atoms with E-state index in [0.29, 0.717) is 6.54 Å². The van der Waals surface area contributed by atoms with Crippen molar-refractivity contribution in [1.82, 2.24) is 29.3 Å². The normalized spacial score (nSPS) is 11.0. The van der Waals surface area contributed by atoms with Crippen LogP contribution in [0.3, 0.4) is 0 Å². The summed E-state index contributed by atoms with van der Waals surface area (Å²) in [4.78, 5) is 21.7. The number of hydrogen-bond donors (Lipinski definition) is 1. The van der Waals surface area contributed by atoms with Gasteiger partial charge < -0.3 is 5.32 Å². The van der Waals surface area contributed by atoms with Crippen LogP contribution >= 0.6 is 0 Å². The summed E-state index contributed by atoms with van der Waals surface area (Å²) in [6.07, 6.45) is 10.4. The molecular weight excluding hydrogens is 386 g/mol. The van der Waals surface area contributed by atoms with E-state index in [1.54, 1.807) is 24.9 Å². The second kappa shape index (κ2) is 7.95. The first-order chi connectivity index (χ1) is 15.2. The number of anilines is 1. The Balaban J connectivity index is 1.34. The van der Waals surface area contributed by atoms with Gasteiger partial charge in [-0.05, 0) is 54.3 Å². The maximum Gasteiger partial charge on any atom is 0.209 e. The molecule has 0 aliphatic carbocycles. The Morgan fingerprint density at radius 2 is 1.77 bits per heavy atom. The topological polar surface area (TPSA) is 80.9 Å². The van der Waals surface area contributed by atoms with Crippen LogP contribution in [0.4, 0.5) is 5.95 Å². The van der Waals surface area contributed by atoms with Crippen molar-refractivity contribution in [2.24, 2.45) is 0 Å². The standard InChI is InChI=1S/C24H21N7/c1-16-9-18(3-4-21(16)19-5-6-26-17(2)10-19)12-28-24-29-13-20-11-22(30-15-31(20)24)23-14-25-7-8-27-23/h3-11,13-15H,12H2,1-2H3,(H,28,29). The van der Waals surface area contributed by atoms with Crippen LogP contribution in [0.1, 0.15) is 16.8 Å². The molecule has 0 unspecified atom stereocenters. The van der Waals surface area contributed by atoms with Crippen LogP contribution in [0, 0.1) is 13.8 Å². The maximum atomic E-state index is 4.51. The molecule has 152 valence electrons. The molecule has 0 saturated carbocycles. The third-order valence-electron chi connectivity index (χ3n) is 5.20. The zero-order chi connectivity index (χ0) is 21.2. The van der Waals surface area contributed by atoms with Crippen LogP contribution in [-0.4, -0.2) is 29.3 Å². The molecule has 0 saturated heterocycles. The van der Waals surface area contributed by atoms with E-state index in [-0.39, 0.29) is 0 Å². The molecule has 0 aliphatic heterocycles. The molecule has 0 spiro atoms. The average Bonchev–Trinajstić information content (AvgIpc) is 3.20. The summed E-state index contributed by atoms with van der Waals surface area (Å²) in [6.45, 7) is 4.82. The van der Waals surface area contributed by atoms with Crippen molar-refractivity contribution in [1.29, 1.82) is 0 Å². The van der Waals surface area contributed by atoms with Crippen molar-refractivity contribution in [2.45, 2.75) is 20.4 Å². The first-order valence-electron chi connectivity index (χ1n) is 10.0. The number of aromatic nitrogens is 6. The third kappa shape index (κ3) is 3.85. The van der Waals surface area contributed by atoms with E-state index in [4.69, 9.17) is 0 Å². The number of hydrogen-bond acceptors (Lipinski definition) is 6. The average molecular weight is 407 g/mol. The Morgan fingerprint density at radius 3 is 2.58 bits per heavy atom. The highest BCUT2D eigenvalue weighted by atomic mass is 15.2.